The Hall–Kier alpha value is -1.18. The van der Waals surface area contributed by atoms with Crippen molar-refractivity contribution in [2.75, 3.05) is 19.0 Å². The van der Waals surface area contributed by atoms with Crippen LogP contribution in [0.3, 0.4) is 0 Å². The molecule has 0 fully saturated rings. The normalized spacial score (nSPS) is 13.0. The third-order valence-electron chi connectivity index (χ3n) is 3.94. The molecule has 25 heavy (non-hydrogen) atoms. The van der Waals surface area contributed by atoms with Gasteiger partial charge in [0.2, 0.25) is 5.91 Å². The van der Waals surface area contributed by atoms with Crippen molar-refractivity contribution in [3.05, 3.63) is 18.2 Å². The second-order valence-corrected chi connectivity index (χ2v) is 8.59. The van der Waals surface area contributed by atoms with Gasteiger partial charge in [-0.3, -0.25) is 4.79 Å². The molecule has 7 heteroatoms. The molecule has 0 aliphatic heterocycles. The van der Waals surface area contributed by atoms with Crippen molar-refractivity contribution < 1.29 is 14.3 Å². The number of hydrogen-bond acceptors (Lipinski definition) is 5. The van der Waals surface area contributed by atoms with Crippen molar-refractivity contribution in [3.8, 4) is 5.75 Å². The summed E-state index contributed by atoms with van der Waals surface area (Å²) in [5.41, 5.74) is 0.656. The Morgan fingerprint density at radius 1 is 1.44 bits per heavy atom. The van der Waals surface area contributed by atoms with E-state index < -0.39 is 0 Å². The number of carbonyl (C=O) groups is 1. The van der Waals surface area contributed by atoms with Gasteiger partial charge in [0.05, 0.1) is 27.3 Å². The van der Waals surface area contributed by atoms with Crippen molar-refractivity contribution in [1.29, 1.82) is 0 Å². The summed E-state index contributed by atoms with van der Waals surface area (Å²) < 4.78 is 12.2. The molecule has 0 aliphatic rings. The maximum atomic E-state index is 12.1. The number of anilines is 1. The van der Waals surface area contributed by atoms with E-state index in [2.05, 4.69) is 33.2 Å². The number of rotatable bonds is 9. The zero-order chi connectivity index (χ0) is 18.4. The molecule has 1 aromatic heterocycles. The highest BCUT2D eigenvalue weighted by Gasteiger charge is 2.17. The van der Waals surface area contributed by atoms with Gasteiger partial charge in [0.15, 0.2) is 5.13 Å². The molecule has 1 heterocycles. The number of benzene rings is 1. The number of thiazole rings is 1. The predicted molar refractivity (Wildman–Crippen MR) is 107 cm³/mol. The second kappa shape index (κ2) is 8.96. The Kier molecular flexibility index (Phi) is 7.22. The first-order valence-electron chi connectivity index (χ1n) is 8.38. The van der Waals surface area contributed by atoms with Gasteiger partial charge in [-0.2, -0.15) is 0 Å². The molecule has 0 saturated heterocycles. The van der Waals surface area contributed by atoms with Crippen LogP contribution in [0.4, 0.5) is 5.13 Å². The van der Waals surface area contributed by atoms with Gasteiger partial charge in [-0.1, -0.05) is 40.6 Å². The van der Waals surface area contributed by atoms with Crippen LogP contribution in [-0.4, -0.2) is 35.0 Å². The van der Waals surface area contributed by atoms with Gasteiger partial charge in [0.25, 0.3) is 0 Å². The lowest BCUT2D eigenvalue weighted by molar-refractivity contribution is -0.115. The molecule has 2 aromatic rings. The summed E-state index contributed by atoms with van der Waals surface area (Å²) in [6.07, 6.45) is 2.55. The second-order valence-electron chi connectivity index (χ2n) is 6.46. The average molecular weight is 429 g/mol. The number of fused-ring (bicyclic) bond motifs is 1. The summed E-state index contributed by atoms with van der Waals surface area (Å²) in [4.78, 5) is 16.4. The van der Waals surface area contributed by atoms with Gasteiger partial charge in [-0.05, 0) is 38.5 Å². The number of ether oxygens (including phenoxy) is 2. The number of carbonyl (C=O) groups excluding carboxylic acids is 1. The van der Waals surface area contributed by atoms with E-state index in [1.165, 1.54) is 11.3 Å². The first-order chi connectivity index (χ1) is 11.8. The Morgan fingerprint density at radius 3 is 2.88 bits per heavy atom. The highest BCUT2D eigenvalue weighted by molar-refractivity contribution is 9.10. The molecule has 1 atom stereocenters. The Balaban J connectivity index is 2.00. The summed E-state index contributed by atoms with van der Waals surface area (Å²) in [5, 5.41) is 3.48. The summed E-state index contributed by atoms with van der Waals surface area (Å²) in [7, 11) is 1.71. The minimum Gasteiger partial charge on any atom is -0.493 e. The van der Waals surface area contributed by atoms with Crippen LogP contribution in [0, 0.1) is 0 Å². The number of halogens is 1. The van der Waals surface area contributed by atoms with E-state index >= 15 is 0 Å². The van der Waals surface area contributed by atoms with Crippen LogP contribution in [0.25, 0.3) is 10.2 Å². The average Bonchev–Trinajstić information content (AvgIpc) is 2.96. The minimum atomic E-state index is -0.198. The van der Waals surface area contributed by atoms with Crippen LogP contribution < -0.4 is 10.1 Å². The number of aromatic nitrogens is 1. The molecule has 0 spiro atoms. The van der Waals surface area contributed by atoms with Gasteiger partial charge in [0, 0.05) is 13.5 Å². The smallest absolute Gasteiger partial charge is 0.239 e. The summed E-state index contributed by atoms with van der Waals surface area (Å²) in [6, 6.07) is 5.77. The maximum Gasteiger partial charge on any atom is 0.239 e. The van der Waals surface area contributed by atoms with Crippen LogP contribution in [0.1, 0.15) is 40.0 Å². The van der Waals surface area contributed by atoms with Crippen molar-refractivity contribution >= 4 is 48.5 Å². The number of nitrogens with one attached hydrogen (secondary N) is 1. The van der Waals surface area contributed by atoms with Gasteiger partial charge >= 0.3 is 0 Å². The van der Waals surface area contributed by atoms with Crippen LogP contribution in [0.5, 0.6) is 5.75 Å². The predicted octanol–water partition coefficient (Wildman–Crippen LogP) is 4.99. The number of hydrogen-bond donors (Lipinski definition) is 1. The third-order valence-corrected chi connectivity index (χ3v) is 5.75. The molecule has 0 bridgehead atoms. The Labute approximate surface area is 161 Å². The zero-order valence-corrected chi connectivity index (χ0v) is 17.5. The molecule has 1 N–H and O–H groups in total. The third kappa shape index (κ3) is 5.94. The van der Waals surface area contributed by atoms with Gasteiger partial charge in [-0.15, -0.1) is 0 Å². The van der Waals surface area contributed by atoms with E-state index in [9.17, 15) is 4.79 Å². The van der Waals surface area contributed by atoms with E-state index in [0.717, 1.165) is 35.2 Å². The van der Waals surface area contributed by atoms with E-state index in [-0.39, 0.29) is 16.3 Å². The molecule has 0 aliphatic carbocycles. The van der Waals surface area contributed by atoms with Crippen LogP contribution in [0.15, 0.2) is 18.2 Å². The van der Waals surface area contributed by atoms with E-state index in [0.29, 0.717) is 11.7 Å². The number of nitrogens with zero attached hydrogens (tertiary/aromatic N) is 1. The molecule has 0 radical (unpaired) electrons. The fourth-order valence-electron chi connectivity index (χ4n) is 2.13. The molecular weight excluding hydrogens is 404 g/mol. The highest BCUT2D eigenvalue weighted by Crippen LogP contribution is 2.30. The first-order valence-corrected chi connectivity index (χ1v) is 10.1. The van der Waals surface area contributed by atoms with Crippen molar-refractivity contribution in [2.24, 2.45) is 0 Å². The lowest BCUT2D eigenvalue weighted by Gasteiger charge is -2.22. The SMILES string of the molecule is CCC[C@H](Br)C(=O)Nc1nc2ccc(OCCC(C)(C)OC)cc2s1. The first kappa shape index (κ1) is 20.1. The zero-order valence-electron chi connectivity index (χ0n) is 15.1. The molecule has 1 amide bonds. The minimum absolute atomic E-state index is 0.0563. The monoisotopic (exact) mass is 428 g/mol. The fraction of sp³-hybridized carbons (Fsp3) is 0.556. The molecule has 0 saturated carbocycles. The maximum absolute atomic E-state index is 12.1. The molecule has 2 rings (SSSR count). The van der Waals surface area contributed by atoms with Crippen LogP contribution >= 0.6 is 27.3 Å². The summed E-state index contributed by atoms with van der Waals surface area (Å²) >= 11 is 4.85. The highest BCUT2D eigenvalue weighted by atomic mass is 79.9. The lowest BCUT2D eigenvalue weighted by atomic mass is 10.1. The summed E-state index contributed by atoms with van der Waals surface area (Å²) in [6.45, 7) is 6.70. The molecule has 1 aromatic carbocycles. The van der Waals surface area contributed by atoms with E-state index in [1.807, 2.05) is 32.0 Å². The van der Waals surface area contributed by atoms with E-state index in [4.69, 9.17) is 9.47 Å². The molecular formula is C18H25BrN2O3S. The quantitative estimate of drug-likeness (QED) is 0.571. The van der Waals surface area contributed by atoms with Gasteiger partial charge < -0.3 is 14.8 Å². The standard InChI is InChI=1S/C18H25BrN2O3S/c1-5-6-13(19)16(22)21-17-20-14-8-7-12(11-15(14)25-17)24-10-9-18(2,3)23-4/h7-8,11,13H,5-6,9-10H2,1-4H3,(H,20,21,22)/t13-/m0/s1. The van der Waals surface area contributed by atoms with Gasteiger partial charge in [-0.25, -0.2) is 4.98 Å². The summed E-state index contributed by atoms with van der Waals surface area (Å²) in [5.74, 6) is 0.740. The van der Waals surface area contributed by atoms with Crippen molar-refractivity contribution in [2.45, 2.75) is 50.5 Å². The Bertz CT molecular complexity index is 717. The van der Waals surface area contributed by atoms with Gasteiger partial charge in [0.1, 0.15) is 5.75 Å². The van der Waals surface area contributed by atoms with Crippen molar-refractivity contribution in [1.82, 2.24) is 4.98 Å². The van der Waals surface area contributed by atoms with Crippen LogP contribution in [-0.2, 0) is 9.53 Å². The number of alkyl halides is 1. The topological polar surface area (TPSA) is 60.5 Å². The van der Waals surface area contributed by atoms with Crippen LogP contribution in [0.2, 0.25) is 0 Å². The Morgan fingerprint density at radius 2 is 2.20 bits per heavy atom. The number of methoxy groups -OCH3 is 1. The van der Waals surface area contributed by atoms with Crippen molar-refractivity contribution in [3.63, 3.8) is 0 Å². The molecule has 5 nitrogen and oxygen atoms in total. The number of amides is 1. The fourth-order valence-corrected chi connectivity index (χ4v) is 3.60. The largest absolute Gasteiger partial charge is 0.493 e. The molecule has 0 unspecified atom stereocenters. The molecule has 138 valence electrons. The lowest BCUT2D eigenvalue weighted by Crippen LogP contribution is -2.25. The van der Waals surface area contributed by atoms with E-state index in [1.54, 1.807) is 7.11 Å².